The number of ether oxygens (including phenoxy) is 2. The predicted molar refractivity (Wildman–Crippen MR) is 103 cm³/mol. The Morgan fingerprint density at radius 2 is 1.69 bits per heavy atom. The van der Waals surface area contributed by atoms with Gasteiger partial charge in [0, 0.05) is 31.3 Å². The first kappa shape index (κ1) is 21.0. The van der Waals surface area contributed by atoms with Crippen LogP contribution in [0.4, 0.5) is 8.78 Å². The van der Waals surface area contributed by atoms with Crippen LogP contribution in [0.15, 0.2) is 29.2 Å². The summed E-state index contributed by atoms with van der Waals surface area (Å²) in [6.07, 6.45) is 5.52. The number of fused-ring (bicyclic) bond motifs is 2. The van der Waals surface area contributed by atoms with E-state index < -0.39 is 16.6 Å². The van der Waals surface area contributed by atoms with E-state index in [-0.39, 0.29) is 22.7 Å². The molecule has 0 aliphatic carbocycles. The molecule has 6 nitrogen and oxygen atoms in total. The average Bonchev–Trinajstić information content (AvgIpc) is 2.99. The fraction of sp³-hybridized carbons (Fsp3) is 0.700. The van der Waals surface area contributed by atoms with Gasteiger partial charge in [-0.05, 0) is 75.3 Å². The predicted octanol–water partition coefficient (Wildman–Crippen LogP) is 2.99. The highest BCUT2D eigenvalue weighted by Gasteiger charge is 2.47. The monoisotopic (exact) mass is 430 g/mol. The lowest BCUT2D eigenvalue weighted by Crippen LogP contribution is -2.52. The van der Waals surface area contributed by atoms with E-state index in [0.29, 0.717) is 12.0 Å². The highest BCUT2D eigenvalue weighted by Crippen LogP contribution is 2.40. The lowest BCUT2D eigenvalue weighted by atomic mass is 9.96. The molecule has 0 unspecified atom stereocenters. The van der Waals surface area contributed by atoms with Crippen LogP contribution in [0.25, 0.3) is 0 Å². The number of benzene rings is 1. The minimum Gasteiger partial charge on any atom is -0.435 e. The van der Waals surface area contributed by atoms with Gasteiger partial charge in [-0.3, -0.25) is 0 Å². The van der Waals surface area contributed by atoms with Crippen LogP contribution in [-0.4, -0.2) is 57.2 Å². The fourth-order valence-corrected chi connectivity index (χ4v) is 6.78. The maximum Gasteiger partial charge on any atom is 0.387 e. The van der Waals surface area contributed by atoms with Gasteiger partial charge in [-0.15, -0.1) is 0 Å². The SMILES string of the molecule is O=S(=O)(c1ccc(OC(F)F)cc1)N1[C@@H]2CC[C@H]1C[C@H](NCC1CCOCC1)C2. The van der Waals surface area contributed by atoms with E-state index in [1.807, 2.05) is 0 Å². The number of alkyl halides is 2. The molecule has 0 aromatic heterocycles. The molecule has 1 aromatic rings. The minimum atomic E-state index is -3.66. The molecule has 4 rings (SSSR count). The van der Waals surface area contributed by atoms with Gasteiger partial charge in [-0.25, -0.2) is 8.42 Å². The zero-order chi connectivity index (χ0) is 20.4. The summed E-state index contributed by atoms with van der Waals surface area (Å²) in [5.41, 5.74) is 0. The van der Waals surface area contributed by atoms with Crippen LogP contribution in [0.1, 0.15) is 38.5 Å². The normalized spacial score (nSPS) is 28.7. The number of sulfonamides is 1. The van der Waals surface area contributed by atoms with E-state index in [4.69, 9.17) is 4.74 Å². The van der Waals surface area contributed by atoms with Crippen molar-refractivity contribution in [2.24, 2.45) is 5.92 Å². The van der Waals surface area contributed by atoms with Gasteiger partial charge in [0.25, 0.3) is 0 Å². The van der Waals surface area contributed by atoms with Crippen molar-refractivity contribution in [3.05, 3.63) is 24.3 Å². The molecule has 3 atom stereocenters. The Morgan fingerprint density at radius 1 is 1.07 bits per heavy atom. The average molecular weight is 431 g/mol. The molecule has 9 heteroatoms. The molecule has 3 heterocycles. The number of halogens is 2. The Labute approximate surface area is 170 Å². The molecule has 0 saturated carbocycles. The second-order valence-electron chi connectivity index (χ2n) is 8.20. The summed E-state index contributed by atoms with van der Waals surface area (Å²) < 4.78 is 62.4. The van der Waals surface area contributed by atoms with Gasteiger partial charge >= 0.3 is 6.61 Å². The number of rotatable bonds is 7. The fourth-order valence-electron chi connectivity index (χ4n) is 4.89. The number of piperidine rings is 1. The Kier molecular flexibility index (Phi) is 6.38. The molecule has 3 fully saturated rings. The molecule has 0 radical (unpaired) electrons. The summed E-state index contributed by atoms with van der Waals surface area (Å²) in [6, 6.07) is 5.57. The van der Waals surface area contributed by atoms with Crippen LogP contribution in [0.5, 0.6) is 5.75 Å². The minimum absolute atomic E-state index is 0.0112. The molecule has 1 aromatic carbocycles. The second kappa shape index (κ2) is 8.83. The molecular weight excluding hydrogens is 402 g/mol. The third-order valence-corrected chi connectivity index (χ3v) is 8.35. The highest BCUT2D eigenvalue weighted by atomic mass is 32.2. The molecule has 3 saturated heterocycles. The van der Waals surface area contributed by atoms with Gasteiger partial charge in [0.1, 0.15) is 5.75 Å². The Morgan fingerprint density at radius 3 is 2.28 bits per heavy atom. The van der Waals surface area contributed by atoms with Crippen LogP contribution >= 0.6 is 0 Å². The van der Waals surface area contributed by atoms with Crippen molar-refractivity contribution < 1.29 is 26.7 Å². The summed E-state index contributed by atoms with van der Waals surface area (Å²) in [7, 11) is -3.66. The smallest absolute Gasteiger partial charge is 0.387 e. The third-order valence-electron chi connectivity index (χ3n) is 6.33. The first-order valence-electron chi connectivity index (χ1n) is 10.3. The summed E-state index contributed by atoms with van der Waals surface area (Å²) in [6.45, 7) is -0.308. The van der Waals surface area contributed by atoms with Crippen LogP contribution in [0.2, 0.25) is 0 Å². The largest absolute Gasteiger partial charge is 0.435 e. The molecule has 0 spiro atoms. The Hall–Kier alpha value is -1.29. The van der Waals surface area contributed by atoms with Gasteiger partial charge in [0.15, 0.2) is 0 Å². The molecule has 162 valence electrons. The van der Waals surface area contributed by atoms with E-state index in [0.717, 1.165) is 58.3 Å². The van der Waals surface area contributed by atoms with Crippen molar-refractivity contribution in [2.75, 3.05) is 19.8 Å². The first-order chi connectivity index (χ1) is 13.9. The van der Waals surface area contributed by atoms with Gasteiger partial charge in [-0.2, -0.15) is 13.1 Å². The maximum absolute atomic E-state index is 13.2. The lowest BCUT2D eigenvalue weighted by Gasteiger charge is -2.39. The lowest BCUT2D eigenvalue weighted by molar-refractivity contribution is -0.0498. The van der Waals surface area contributed by atoms with Gasteiger partial charge in [0.2, 0.25) is 10.0 Å². The molecule has 0 amide bonds. The molecule has 3 aliphatic heterocycles. The molecule has 29 heavy (non-hydrogen) atoms. The molecule has 1 N–H and O–H groups in total. The Bertz CT molecular complexity index is 770. The summed E-state index contributed by atoms with van der Waals surface area (Å²) >= 11 is 0. The molecule has 3 aliphatic rings. The van der Waals surface area contributed by atoms with Crippen LogP contribution in [0.3, 0.4) is 0 Å². The van der Waals surface area contributed by atoms with Gasteiger partial charge in [0.05, 0.1) is 4.90 Å². The topological polar surface area (TPSA) is 67.9 Å². The quantitative estimate of drug-likeness (QED) is 0.720. The summed E-state index contributed by atoms with van der Waals surface area (Å²) in [4.78, 5) is 0.129. The van der Waals surface area contributed by atoms with Gasteiger partial charge in [-0.1, -0.05) is 0 Å². The maximum atomic E-state index is 13.2. The van der Waals surface area contributed by atoms with Crippen molar-refractivity contribution in [3.8, 4) is 5.75 Å². The Balaban J connectivity index is 1.39. The van der Waals surface area contributed by atoms with Crippen LogP contribution in [0, 0.1) is 5.92 Å². The summed E-state index contributed by atoms with van der Waals surface area (Å²) in [5.74, 6) is 0.593. The van der Waals surface area contributed by atoms with Crippen LogP contribution < -0.4 is 10.1 Å². The van der Waals surface area contributed by atoms with E-state index in [2.05, 4.69) is 10.1 Å². The third kappa shape index (κ3) is 4.73. The van der Waals surface area contributed by atoms with E-state index in [9.17, 15) is 17.2 Å². The van der Waals surface area contributed by atoms with Gasteiger partial charge < -0.3 is 14.8 Å². The zero-order valence-electron chi connectivity index (χ0n) is 16.3. The van der Waals surface area contributed by atoms with Crippen molar-refractivity contribution in [1.29, 1.82) is 0 Å². The number of nitrogens with one attached hydrogen (secondary N) is 1. The summed E-state index contributed by atoms with van der Waals surface area (Å²) in [5, 5.41) is 3.66. The van der Waals surface area contributed by atoms with Crippen molar-refractivity contribution in [3.63, 3.8) is 0 Å². The zero-order valence-corrected chi connectivity index (χ0v) is 17.1. The molecular formula is C20H28F2N2O4S. The number of hydrogen-bond donors (Lipinski definition) is 1. The van der Waals surface area contributed by atoms with Crippen LogP contribution in [-0.2, 0) is 14.8 Å². The van der Waals surface area contributed by atoms with Crippen molar-refractivity contribution >= 4 is 10.0 Å². The second-order valence-corrected chi connectivity index (χ2v) is 10.0. The number of hydrogen-bond acceptors (Lipinski definition) is 5. The van der Waals surface area contributed by atoms with Crippen molar-refractivity contribution in [1.82, 2.24) is 9.62 Å². The first-order valence-corrected chi connectivity index (χ1v) is 11.8. The van der Waals surface area contributed by atoms with E-state index in [1.54, 1.807) is 4.31 Å². The van der Waals surface area contributed by atoms with E-state index in [1.165, 1.54) is 24.3 Å². The molecule has 2 bridgehead atoms. The highest BCUT2D eigenvalue weighted by molar-refractivity contribution is 7.89. The standard InChI is InChI=1S/C20H28F2N2O4S/c21-20(22)28-18-3-5-19(6-4-18)29(25,26)24-16-1-2-17(24)12-15(11-16)23-13-14-7-9-27-10-8-14/h3-6,14-17,20,23H,1-2,7-13H2/t15-,16-,17+. The number of nitrogens with zero attached hydrogens (tertiary/aromatic N) is 1. The van der Waals surface area contributed by atoms with E-state index >= 15 is 0 Å². The van der Waals surface area contributed by atoms with Crippen molar-refractivity contribution in [2.45, 2.75) is 68.2 Å².